The predicted molar refractivity (Wildman–Crippen MR) is 53.0 cm³/mol. The van der Waals surface area contributed by atoms with Gasteiger partial charge < -0.3 is 15.1 Å². The summed E-state index contributed by atoms with van der Waals surface area (Å²) in [6, 6.07) is 6.23. The molecule has 1 aromatic rings. The van der Waals surface area contributed by atoms with E-state index in [0.717, 1.165) is 5.56 Å². The van der Waals surface area contributed by atoms with Gasteiger partial charge in [-0.1, -0.05) is 17.3 Å². The maximum Gasteiger partial charge on any atom is 0.356 e. The first-order valence-electron chi connectivity index (χ1n) is 4.24. The van der Waals surface area contributed by atoms with E-state index >= 15 is 0 Å². The van der Waals surface area contributed by atoms with Gasteiger partial charge >= 0.3 is 5.97 Å². The smallest absolute Gasteiger partial charge is 0.356 e. The van der Waals surface area contributed by atoms with Gasteiger partial charge in [-0.25, -0.2) is 4.79 Å². The third-order valence-corrected chi connectivity index (χ3v) is 1.85. The average molecular weight is 209 g/mol. The molecule has 0 aliphatic rings. The number of phenols is 1. The molecule has 0 bridgehead atoms. The first-order valence-corrected chi connectivity index (χ1v) is 4.24. The number of aromatic hydroxyl groups is 1. The molecule has 0 fully saturated rings. The lowest BCUT2D eigenvalue weighted by Gasteiger charge is -2.02. The van der Waals surface area contributed by atoms with Crippen LogP contribution in [0.3, 0.4) is 0 Å². The van der Waals surface area contributed by atoms with Crippen molar-refractivity contribution in [3.8, 4) is 5.75 Å². The van der Waals surface area contributed by atoms with Crippen LogP contribution in [0.1, 0.15) is 5.56 Å². The van der Waals surface area contributed by atoms with Crippen molar-refractivity contribution < 1.29 is 19.8 Å². The van der Waals surface area contributed by atoms with Crippen molar-refractivity contribution in [3.63, 3.8) is 0 Å². The molecule has 0 saturated heterocycles. The number of rotatable bonds is 3. The third-order valence-electron chi connectivity index (χ3n) is 1.85. The number of esters is 1. The Hall–Kier alpha value is -2.04. The Balaban J connectivity index is 2.76. The summed E-state index contributed by atoms with van der Waals surface area (Å²) in [7, 11) is 1.21. The molecule has 0 heterocycles. The van der Waals surface area contributed by atoms with Crippen LogP contribution in [0.2, 0.25) is 0 Å². The van der Waals surface area contributed by atoms with Crippen LogP contribution < -0.4 is 0 Å². The molecule has 1 rings (SSSR count). The van der Waals surface area contributed by atoms with Gasteiger partial charge in [-0.15, -0.1) is 0 Å². The summed E-state index contributed by atoms with van der Waals surface area (Å²) in [6.07, 6.45) is 0.156. The summed E-state index contributed by atoms with van der Waals surface area (Å²) in [5.74, 6) is -0.537. The van der Waals surface area contributed by atoms with Gasteiger partial charge in [-0.05, 0) is 17.7 Å². The highest BCUT2D eigenvalue weighted by atomic mass is 16.5. The van der Waals surface area contributed by atoms with Crippen molar-refractivity contribution in [1.29, 1.82) is 0 Å². The van der Waals surface area contributed by atoms with Crippen LogP contribution in [-0.2, 0) is 16.0 Å². The van der Waals surface area contributed by atoms with E-state index in [4.69, 9.17) is 10.3 Å². The van der Waals surface area contributed by atoms with Crippen LogP contribution in [0, 0.1) is 0 Å². The van der Waals surface area contributed by atoms with E-state index in [1.54, 1.807) is 12.1 Å². The highest BCUT2D eigenvalue weighted by Gasteiger charge is 2.12. The minimum absolute atomic E-state index is 0.0804. The summed E-state index contributed by atoms with van der Waals surface area (Å²) < 4.78 is 4.42. The first-order chi connectivity index (χ1) is 7.17. The van der Waals surface area contributed by atoms with Crippen molar-refractivity contribution in [2.75, 3.05) is 7.11 Å². The molecular formula is C10H11NO4. The SMILES string of the molecule is COC(=O)/C(Cc1ccc(O)cc1)=N/O. The van der Waals surface area contributed by atoms with Crippen molar-refractivity contribution in [2.45, 2.75) is 6.42 Å². The fourth-order valence-electron chi connectivity index (χ4n) is 1.07. The van der Waals surface area contributed by atoms with Crippen molar-refractivity contribution in [2.24, 2.45) is 5.16 Å². The van der Waals surface area contributed by atoms with E-state index in [1.807, 2.05) is 0 Å². The molecule has 80 valence electrons. The standard InChI is InChI=1S/C10H11NO4/c1-15-10(13)9(11-14)6-7-2-4-8(12)5-3-7/h2-5,12,14H,6H2,1H3/b11-9+. The number of carbonyl (C=O) groups excluding carboxylic acids is 1. The topological polar surface area (TPSA) is 79.1 Å². The van der Waals surface area contributed by atoms with Gasteiger partial charge in [-0.2, -0.15) is 0 Å². The van der Waals surface area contributed by atoms with Crippen LogP contribution in [0.5, 0.6) is 5.75 Å². The highest BCUT2D eigenvalue weighted by Crippen LogP contribution is 2.10. The van der Waals surface area contributed by atoms with E-state index in [9.17, 15) is 4.79 Å². The Labute approximate surface area is 86.6 Å². The van der Waals surface area contributed by atoms with Crippen molar-refractivity contribution in [1.82, 2.24) is 0 Å². The van der Waals surface area contributed by atoms with Crippen molar-refractivity contribution >= 4 is 11.7 Å². The zero-order valence-corrected chi connectivity index (χ0v) is 8.17. The fraction of sp³-hybridized carbons (Fsp3) is 0.200. The highest BCUT2D eigenvalue weighted by molar-refractivity contribution is 6.36. The number of phenolic OH excluding ortho intramolecular Hbond substituents is 1. The molecule has 0 amide bonds. The molecule has 0 aliphatic carbocycles. The predicted octanol–water partition coefficient (Wildman–Crippen LogP) is 0.938. The Kier molecular flexibility index (Phi) is 3.68. The number of ether oxygens (including phenoxy) is 1. The first kappa shape index (κ1) is 11.0. The van der Waals surface area contributed by atoms with Gasteiger partial charge in [0.05, 0.1) is 7.11 Å². The number of oxime groups is 1. The van der Waals surface area contributed by atoms with Crippen LogP contribution in [0.15, 0.2) is 29.4 Å². The molecule has 2 N–H and O–H groups in total. The minimum Gasteiger partial charge on any atom is -0.508 e. The monoisotopic (exact) mass is 209 g/mol. The molecule has 0 unspecified atom stereocenters. The number of benzene rings is 1. The second kappa shape index (κ2) is 4.99. The molecule has 0 radical (unpaired) electrons. The lowest BCUT2D eigenvalue weighted by molar-refractivity contribution is -0.132. The van der Waals surface area contributed by atoms with Crippen LogP contribution in [0.4, 0.5) is 0 Å². The minimum atomic E-state index is -0.675. The second-order valence-corrected chi connectivity index (χ2v) is 2.88. The van der Waals surface area contributed by atoms with Gasteiger partial charge in [0, 0.05) is 6.42 Å². The van der Waals surface area contributed by atoms with Crippen molar-refractivity contribution in [3.05, 3.63) is 29.8 Å². The summed E-state index contributed by atoms with van der Waals surface area (Å²) in [5.41, 5.74) is 0.661. The third kappa shape index (κ3) is 2.98. The number of nitrogens with zero attached hydrogens (tertiary/aromatic N) is 1. The molecule has 0 aromatic heterocycles. The molecular weight excluding hydrogens is 198 g/mol. The van der Waals surface area contributed by atoms with E-state index < -0.39 is 5.97 Å². The van der Waals surface area contributed by atoms with E-state index in [-0.39, 0.29) is 17.9 Å². The van der Waals surface area contributed by atoms with Gasteiger partial charge in [0.2, 0.25) is 0 Å². The lowest BCUT2D eigenvalue weighted by Crippen LogP contribution is -2.18. The zero-order chi connectivity index (χ0) is 11.3. The largest absolute Gasteiger partial charge is 0.508 e. The average Bonchev–Trinajstić information content (AvgIpc) is 2.27. The van der Waals surface area contributed by atoms with Gasteiger partial charge in [0.25, 0.3) is 0 Å². The molecule has 0 atom stereocenters. The molecule has 0 aliphatic heterocycles. The van der Waals surface area contributed by atoms with Gasteiger partial charge in [0.15, 0.2) is 5.71 Å². The number of methoxy groups -OCH3 is 1. The summed E-state index contributed by atoms with van der Waals surface area (Å²) in [4.78, 5) is 11.1. The molecule has 0 spiro atoms. The van der Waals surface area contributed by atoms with Crippen LogP contribution in [-0.4, -0.2) is 29.1 Å². The van der Waals surface area contributed by atoms with Crippen LogP contribution >= 0.6 is 0 Å². The van der Waals surface area contributed by atoms with Crippen LogP contribution in [0.25, 0.3) is 0 Å². The molecule has 5 heteroatoms. The quantitative estimate of drug-likeness (QED) is 0.336. The Bertz CT molecular complexity index is 370. The molecule has 15 heavy (non-hydrogen) atoms. The molecule has 0 saturated carbocycles. The molecule has 5 nitrogen and oxygen atoms in total. The van der Waals surface area contributed by atoms with Gasteiger partial charge in [-0.3, -0.25) is 0 Å². The Morgan fingerprint density at radius 1 is 1.40 bits per heavy atom. The summed E-state index contributed by atoms with van der Waals surface area (Å²) >= 11 is 0. The number of carbonyl (C=O) groups is 1. The zero-order valence-electron chi connectivity index (χ0n) is 8.17. The normalized spacial score (nSPS) is 11.1. The van der Waals surface area contributed by atoms with E-state index in [2.05, 4.69) is 9.89 Å². The maximum atomic E-state index is 11.1. The van der Waals surface area contributed by atoms with E-state index in [0.29, 0.717) is 0 Å². The molecule has 1 aromatic carbocycles. The second-order valence-electron chi connectivity index (χ2n) is 2.88. The van der Waals surface area contributed by atoms with E-state index in [1.165, 1.54) is 19.2 Å². The number of hydrogen-bond donors (Lipinski definition) is 2. The fourth-order valence-corrected chi connectivity index (χ4v) is 1.07. The summed E-state index contributed by atoms with van der Waals surface area (Å²) in [6.45, 7) is 0. The van der Waals surface area contributed by atoms with Gasteiger partial charge in [0.1, 0.15) is 5.75 Å². The maximum absolute atomic E-state index is 11.1. The Morgan fingerprint density at radius 2 is 2.00 bits per heavy atom. The lowest BCUT2D eigenvalue weighted by atomic mass is 10.1. The summed E-state index contributed by atoms with van der Waals surface area (Å²) in [5, 5.41) is 20.5. The Morgan fingerprint density at radius 3 is 2.47 bits per heavy atom. The number of hydrogen-bond acceptors (Lipinski definition) is 5.